The summed E-state index contributed by atoms with van der Waals surface area (Å²) >= 11 is 6.25. The van der Waals surface area contributed by atoms with Gasteiger partial charge in [-0.2, -0.15) is 0 Å². The molecule has 0 atom stereocenters. The first kappa shape index (κ1) is 13.1. The fourth-order valence-electron chi connectivity index (χ4n) is 2.17. The van der Waals surface area contributed by atoms with Gasteiger partial charge in [0, 0.05) is 31.1 Å². The molecule has 20 heavy (non-hydrogen) atoms. The molecule has 0 saturated carbocycles. The molecule has 5 nitrogen and oxygen atoms in total. The predicted molar refractivity (Wildman–Crippen MR) is 77.7 cm³/mol. The van der Waals surface area contributed by atoms with E-state index in [2.05, 4.69) is 21.8 Å². The number of aryl methyl sites for hydroxylation is 1. The summed E-state index contributed by atoms with van der Waals surface area (Å²) < 4.78 is 13.1. The van der Waals surface area contributed by atoms with Crippen LogP contribution >= 0.6 is 11.6 Å². The Balaban J connectivity index is 1.77. The highest BCUT2D eigenvalue weighted by atomic mass is 35.5. The molecule has 1 aromatic heterocycles. The number of fused-ring (bicyclic) bond motifs is 1. The molecular formula is C14H16ClN3O2. The van der Waals surface area contributed by atoms with Gasteiger partial charge in [0.15, 0.2) is 11.5 Å². The van der Waals surface area contributed by atoms with Gasteiger partial charge >= 0.3 is 0 Å². The van der Waals surface area contributed by atoms with E-state index in [0.29, 0.717) is 30.5 Å². The summed E-state index contributed by atoms with van der Waals surface area (Å²) in [5.74, 6) is 2.39. The number of hydrogen-bond acceptors (Lipinski definition) is 4. The van der Waals surface area contributed by atoms with Crippen molar-refractivity contribution in [3.63, 3.8) is 0 Å². The average molecular weight is 294 g/mol. The van der Waals surface area contributed by atoms with Gasteiger partial charge in [0.1, 0.15) is 19.0 Å². The maximum absolute atomic E-state index is 6.25. The molecule has 3 rings (SSSR count). The minimum Gasteiger partial charge on any atom is -0.486 e. The zero-order valence-electron chi connectivity index (χ0n) is 11.2. The second kappa shape index (κ2) is 5.63. The van der Waals surface area contributed by atoms with Crippen molar-refractivity contribution in [3.8, 4) is 11.5 Å². The number of benzene rings is 1. The van der Waals surface area contributed by atoms with Crippen LogP contribution < -0.4 is 14.8 Å². The van der Waals surface area contributed by atoms with E-state index >= 15 is 0 Å². The number of aromatic nitrogens is 2. The van der Waals surface area contributed by atoms with Crippen molar-refractivity contribution in [1.29, 1.82) is 0 Å². The number of rotatable bonds is 4. The lowest BCUT2D eigenvalue weighted by atomic mass is 10.2. The Morgan fingerprint density at radius 1 is 1.30 bits per heavy atom. The SMILES string of the molecule is CCn1ccnc1CNc1cc2c(cc1Cl)OCCO2. The largest absolute Gasteiger partial charge is 0.486 e. The van der Waals surface area contributed by atoms with Crippen LogP contribution in [0.4, 0.5) is 5.69 Å². The molecule has 106 valence electrons. The summed E-state index contributed by atoms with van der Waals surface area (Å²) in [4.78, 5) is 4.32. The quantitative estimate of drug-likeness (QED) is 0.941. The van der Waals surface area contributed by atoms with Gasteiger partial charge in [-0.25, -0.2) is 4.98 Å². The molecule has 0 amide bonds. The second-order valence-electron chi connectivity index (χ2n) is 4.46. The highest BCUT2D eigenvalue weighted by Gasteiger charge is 2.15. The van der Waals surface area contributed by atoms with Gasteiger partial charge in [0.05, 0.1) is 17.3 Å². The summed E-state index contributed by atoms with van der Waals surface area (Å²) in [6.45, 7) is 4.71. The average Bonchev–Trinajstić information content (AvgIpc) is 2.92. The van der Waals surface area contributed by atoms with Crippen LogP contribution in [0.15, 0.2) is 24.5 Å². The van der Waals surface area contributed by atoms with Gasteiger partial charge < -0.3 is 19.4 Å². The third-order valence-electron chi connectivity index (χ3n) is 3.21. The van der Waals surface area contributed by atoms with Crippen molar-refractivity contribution in [3.05, 3.63) is 35.4 Å². The molecule has 6 heteroatoms. The van der Waals surface area contributed by atoms with Crippen molar-refractivity contribution < 1.29 is 9.47 Å². The van der Waals surface area contributed by atoms with Crippen molar-refractivity contribution in [2.24, 2.45) is 0 Å². The first-order valence-electron chi connectivity index (χ1n) is 6.61. The Kier molecular flexibility index (Phi) is 3.69. The molecule has 1 N–H and O–H groups in total. The van der Waals surface area contributed by atoms with Crippen LogP contribution in [0.3, 0.4) is 0 Å². The van der Waals surface area contributed by atoms with Crippen LogP contribution in [0, 0.1) is 0 Å². The lowest BCUT2D eigenvalue weighted by Crippen LogP contribution is -2.15. The fourth-order valence-corrected chi connectivity index (χ4v) is 2.39. The van der Waals surface area contributed by atoms with Crippen LogP contribution in [0.5, 0.6) is 11.5 Å². The van der Waals surface area contributed by atoms with E-state index < -0.39 is 0 Å². The maximum atomic E-state index is 6.25. The van der Waals surface area contributed by atoms with Crippen molar-refractivity contribution >= 4 is 17.3 Å². The minimum absolute atomic E-state index is 0.560. The third-order valence-corrected chi connectivity index (χ3v) is 3.52. The van der Waals surface area contributed by atoms with E-state index in [0.717, 1.165) is 23.8 Å². The van der Waals surface area contributed by atoms with Gasteiger partial charge in [0.25, 0.3) is 0 Å². The molecular weight excluding hydrogens is 278 g/mol. The normalized spacial score (nSPS) is 13.3. The number of hydrogen-bond donors (Lipinski definition) is 1. The Labute approximate surface area is 122 Å². The summed E-state index contributed by atoms with van der Waals surface area (Å²) in [6.07, 6.45) is 3.76. The van der Waals surface area contributed by atoms with E-state index in [1.807, 2.05) is 12.3 Å². The second-order valence-corrected chi connectivity index (χ2v) is 4.87. The summed E-state index contributed by atoms with van der Waals surface area (Å²) in [7, 11) is 0. The van der Waals surface area contributed by atoms with Gasteiger partial charge in [-0.1, -0.05) is 11.6 Å². The number of ether oxygens (including phenoxy) is 2. The number of anilines is 1. The van der Waals surface area contributed by atoms with Crippen LogP contribution in [-0.4, -0.2) is 22.8 Å². The molecule has 2 aromatic rings. The zero-order valence-corrected chi connectivity index (χ0v) is 12.0. The molecule has 0 aliphatic carbocycles. The van der Waals surface area contributed by atoms with Gasteiger partial charge in [-0.05, 0) is 6.92 Å². The van der Waals surface area contributed by atoms with Crippen molar-refractivity contribution in [2.75, 3.05) is 18.5 Å². The third kappa shape index (κ3) is 2.54. The molecule has 2 heterocycles. The lowest BCUT2D eigenvalue weighted by molar-refractivity contribution is 0.171. The number of nitrogens with one attached hydrogen (secondary N) is 1. The Bertz CT molecular complexity index is 612. The first-order chi connectivity index (χ1) is 9.78. The standard InChI is InChI=1S/C14H16ClN3O2/c1-2-18-4-3-16-14(18)9-17-11-8-13-12(7-10(11)15)19-5-6-20-13/h3-4,7-8,17H,2,5-6,9H2,1H3. The van der Waals surface area contributed by atoms with Crippen LogP contribution in [0.2, 0.25) is 5.02 Å². The van der Waals surface area contributed by atoms with Gasteiger partial charge in [-0.15, -0.1) is 0 Å². The highest BCUT2D eigenvalue weighted by molar-refractivity contribution is 6.33. The number of halogens is 1. The van der Waals surface area contributed by atoms with E-state index in [1.54, 1.807) is 12.3 Å². The van der Waals surface area contributed by atoms with Gasteiger partial charge in [-0.3, -0.25) is 0 Å². The molecule has 1 aromatic carbocycles. The van der Waals surface area contributed by atoms with Crippen molar-refractivity contribution in [2.45, 2.75) is 20.0 Å². The maximum Gasteiger partial charge on any atom is 0.163 e. The lowest BCUT2D eigenvalue weighted by Gasteiger charge is -2.20. The molecule has 1 aliphatic rings. The fraction of sp³-hybridized carbons (Fsp3) is 0.357. The van der Waals surface area contributed by atoms with Crippen LogP contribution in [-0.2, 0) is 13.1 Å². The van der Waals surface area contributed by atoms with Crippen molar-refractivity contribution in [1.82, 2.24) is 9.55 Å². The zero-order chi connectivity index (χ0) is 13.9. The van der Waals surface area contributed by atoms with Crippen LogP contribution in [0.25, 0.3) is 0 Å². The summed E-state index contributed by atoms with van der Waals surface area (Å²) in [5, 5.41) is 3.90. The summed E-state index contributed by atoms with van der Waals surface area (Å²) in [6, 6.07) is 3.65. The van der Waals surface area contributed by atoms with E-state index in [-0.39, 0.29) is 0 Å². The topological polar surface area (TPSA) is 48.3 Å². The van der Waals surface area contributed by atoms with E-state index in [9.17, 15) is 0 Å². The molecule has 0 radical (unpaired) electrons. The molecule has 0 saturated heterocycles. The number of nitrogens with zero attached hydrogens (tertiary/aromatic N) is 2. The van der Waals surface area contributed by atoms with Crippen LogP contribution in [0.1, 0.15) is 12.7 Å². The molecule has 0 bridgehead atoms. The number of imidazole rings is 1. The smallest absolute Gasteiger partial charge is 0.163 e. The monoisotopic (exact) mass is 293 g/mol. The Morgan fingerprint density at radius 2 is 2.05 bits per heavy atom. The predicted octanol–water partition coefficient (Wildman–Crippen LogP) is 2.94. The highest BCUT2D eigenvalue weighted by Crippen LogP contribution is 2.38. The minimum atomic E-state index is 0.560. The van der Waals surface area contributed by atoms with E-state index in [4.69, 9.17) is 21.1 Å². The van der Waals surface area contributed by atoms with Gasteiger partial charge in [0.2, 0.25) is 0 Å². The Morgan fingerprint density at radius 3 is 2.80 bits per heavy atom. The Hall–Kier alpha value is -1.88. The molecule has 0 fully saturated rings. The molecule has 0 unspecified atom stereocenters. The summed E-state index contributed by atoms with van der Waals surface area (Å²) in [5.41, 5.74) is 0.821. The van der Waals surface area contributed by atoms with E-state index in [1.165, 1.54) is 0 Å². The molecule has 0 spiro atoms. The molecule has 1 aliphatic heterocycles. The first-order valence-corrected chi connectivity index (χ1v) is 6.98.